The summed E-state index contributed by atoms with van der Waals surface area (Å²) in [4.78, 5) is 0. The number of ether oxygens (including phenoxy) is 1. The quantitative estimate of drug-likeness (QED) is 0.572. The Labute approximate surface area is 99.7 Å². The van der Waals surface area contributed by atoms with E-state index in [4.69, 9.17) is 4.74 Å². The van der Waals surface area contributed by atoms with E-state index in [2.05, 4.69) is 43.0 Å². The molecule has 0 aliphatic carbocycles. The van der Waals surface area contributed by atoms with Gasteiger partial charge in [-0.05, 0) is 25.3 Å². The zero-order chi connectivity index (χ0) is 11.2. The lowest BCUT2D eigenvalue weighted by atomic mass is 10.2. The summed E-state index contributed by atoms with van der Waals surface area (Å²) in [6.07, 6.45) is 5.89. The van der Waals surface area contributed by atoms with Gasteiger partial charge in [-0.3, -0.25) is 0 Å². The zero-order valence-corrected chi connectivity index (χ0v) is 10.9. The summed E-state index contributed by atoms with van der Waals surface area (Å²) in [6.45, 7) is 4.86. The molecule has 2 atom stereocenters. The molecule has 1 saturated heterocycles. The van der Waals surface area contributed by atoms with Gasteiger partial charge in [0.25, 0.3) is 0 Å². The molecule has 0 bridgehead atoms. The summed E-state index contributed by atoms with van der Waals surface area (Å²) in [7, 11) is -1.01. The topological polar surface area (TPSA) is 9.23 Å². The Morgan fingerprint density at radius 3 is 2.75 bits per heavy atom. The van der Waals surface area contributed by atoms with Crippen LogP contribution in [0.1, 0.15) is 19.3 Å². The second-order valence-electron chi connectivity index (χ2n) is 4.45. The minimum absolute atomic E-state index is 0.522. The fourth-order valence-electron chi connectivity index (χ4n) is 2.47. The van der Waals surface area contributed by atoms with Crippen molar-refractivity contribution in [3.8, 4) is 0 Å². The molecule has 0 radical (unpaired) electrons. The lowest BCUT2D eigenvalue weighted by Crippen LogP contribution is -2.44. The predicted octanol–water partition coefficient (Wildman–Crippen LogP) is 2.42. The van der Waals surface area contributed by atoms with Crippen LogP contribution in [0, 0.1) is 0 Å². The minimum Gasteiger partial charge on any atom is -0.382 e. The van der Waals surface area contributed by atoms with Gasteiger partial charge >= 0.3 is 0 Å². The van der Waals surface area contributed by atoms with Crippen LogP contribution in [0.4, 0.5) is 0 Å². The Bertz CT molecular complexity index is 317. The van der Waals surface area contributed by atoms with Gasteiger partial charge in [-0.2, -0.15) is 0 Å². The smallest absolute Gasteiger partial charge is 0.108 e. The highest BCUT2D eigenvalue weighted by atomic mass is 28.3. The highest BCUT2D eigenvalue weighted by molar-refractivity contribution is 6.74. The fourth-order valence-corrected chi connectivity index (χ4v) is 5.55. The lowest BCUT2D eigenvalue weighted by Gasteiger charge is -2.29. The normalized spacial score (nSPS) is 22.6. The first-order chi connectivity index (χ1) is 7.92. The SMILES string of the molecule is C=CC[SiH](c1ccccc1)C1CCCCO1. The molecule has 0 saturated carbocycles. The van der Waals surface area contributed by atoms with E-state index in [0.717, 1.165) is 12.7 Å². The predicted molar refractivity (Wildman–Crippen MR) is 71.8 cm³/mol. The van der Waals surface area contributed by atoms with Crippen molar-refractivity contribution in [1.82, 2.24) is 0 Å². The van der Waals surface area contributed by atoms with Gasteiger partial charge in [-0.15, -0.1) is 6.58 Å². The molecule has 1 aliphatic rings. The molecule has 0 N–H and O–H groups in total. The molecule has 1 fully saturated rings. The molecule has 16 heavy (non-hydrogen) atoms. The Morgan fingerprint density at radius 2 is 2.12 bits per heavy atom. The summed E-state index contributed by atoms with van der Waals surface area (Å²) < 4.78 is 5.96. The van der Waals surface area contributed by atoms with Gasteiger partial charge in [-0.25, -0.2) is 0 Å². The average molecular weight is 232 g/mol. The third-order valence-electron chi connectivity index (χ3n) is 3.31. The second kappa shape index (κ2) is 6.02. The van der Waals surface area contributed by atoms with E-state index in [1.54, 1.807) is 0 Å². The molecule has 1 aromatic carbocycles. The van der Waals surface area contributed by atoms with E-state index in [0.29, 0.717) is 5.73 Å². The van der Waals surface area contributed by atoms with Crippen molar-refractivity contribution >= 4 is 14.0 Å². The molecule has 1 nitrogen and oxygen atoms in total. The van der Waals surface area contributed by atoms with E-state index in [-0.39, 0.29) is 0 Å². The van der Waals surface area contributed by atoms with E-state index in [1.165, 1.54) is 24.4 Å². The molecule has 0 aromatic heterocycles. The van der Waals surface area contributed by atoms with Crippen LogP contribution >= 0.6 is 0 Å². The zero-order valence-electron chi connectivity index (χ0n) is 9.77. The van der Waals surface area contributed by atoms with Crippen LogP contribution in [-0.2, 0) is 4.74 Å². The van der Waals surface area contributed by atoms with Gasteiger partial charge in [0.05, 0.1) is 5.73 Å². The molecule has 86 valence electrons. The van der Waals surface area contributed by atoms with Crippen molar-refractivity contribution in [1.29, 1.82) is 0 Å². The summed E-state index contributed by atoms with van der Waals surface area (Å²) in [5.41, 5.74) is 0.522. The van der Waals surface area contributed by atoms with E-state index < -0.39 is 8.80 Å². The monoisotopic (exact) mass is 232 g/mol. The highest BCUT2D eigenvalue weighted by Crippen LogP contribution is 2.17. The first-order valence-corrected chi connectivity index (χ1v) is 8.25. The second-order valence-corrected chi connectivity index (χ2v) is 7.54. The molecule has 0 spiro atoms. The molecule has 1 heterocycles. The van der Waals surface area contributed by atoms with Gasteiger partial charge in [0, 0.05) is 6.61 Å². The van der Waals surface area contributed by atoms with Crippen molar-refractivity contribution in [3.63, 3.8) is 0 Å². The van der Waals surface area contributed by atoms with Crippen molar-refractivity contribution in [2.45, 2.75) is 31.0 Å². The van der Waals surface area contributed by atoms with Crippen LogP contribution in [0.3, 0.4) is 0 Å². The Balaban J connectivity index is 2.12. The van der Waals surface area contributed by atoms with Crippen LogP contribution in [0.5, 0.6) is 0 Å². The number of hydrogen-bond acceptors (Lipinski definition) is 1. The first-order valence-electron chi connectivity index (χ1n) is 6.19. The fraction of sp³-hybridized carbons (Fsp3) is 0.429. The van der Waals surface area contributed by atoms with E-state index >= 15 is 0 Å². The number of hydrogen-bond donors (Lipinski definition) is 0. The van der Waals surface area contributed by atoms with Crippen molar-refractivity contribution < 1.29 is 4.74 Å². The summed E-state index contributed by atoms with van der Waals surface area (Å²) in [5.74, 6) is 0. The molecule has 1 aliphatic heterocycles. The van der Waals surface area contributed by atoms with Gasteiger partial charge in [0.2, 0.25) is 0 Å². The molecule has 1 aromatic rings. The standard InChI is InChI=1S/C14H20OSi/c1-2-12-16(13-8-4-3-5-9-13)14-10-6-7-11-15-14/h2-5,8-9,14,16H,1,6-7,10-12H2. The van der Waals surface area contributed by atoms with Gasteiger partial charge in [-0.1, -0.05) is 41.6 Å². The van der Waals surface area contributed by atoms with Crippen LogP contribution in [0.15, 0.2) is 43.0 Å². The minimum atomic E-state index is -1.01. The van der Waals surface area contributed by atoms with Crippen LogP contribution in [-0.4, -0.2) is 21.1 Å². The summed E-state index contributed by atoms with van der Waals surface area (Å²) >= 11 is 0. The Kier molecular flexibility index (Phi) is 4.37. The summed E-state index contributed by atoms with van der Waals surface area (Å²) in [5, 5.41) is 1.52. The maximum absolute atomic E-state index is 5.96. The molecule has 2 heteroatoms. The number of benzene rings is 1. The maximum Gasteiger partial charge on any atom is 0.108 e. The van der Waals surface area contributed by atoms with Gasteiger partial charge < -0.3 is 4.74 Å². The molecular formula is C14H20OSi. The third kappa shape index (κ3) is 2.83. The highest BCUT2D eigenvalue weighted by Gasteiger charge is 2.26. The Morgan fingerprint density at radius 1 is 1.31 bits per heavy atom. The largest absolute Gasteiger partial charge is 0.382 e. The number of rotatable bonds is 4. The third-order valence-corrected chi connectivity index (χ3v) is 6.82. The lowest BCUT2D eigenvalue weighted by molar-refractivity contribution is 0.0635. The van der Waals surface area contributed by atoms with Crippen molar-refractivity contribution in [2.75, 3.05) is 6.61 Å². The van der Waals surface area contributed by atoms with E-state index in [1.807, 2.05) is 0 Å². The molecule has 2 unspecified atom stereocenters. The van der Waals surface area contributed by atoms with Crippen molar-refractivity contribution in [2.24, 2.45) is 0 Å². The van der Waals surface area contributed by atoms with Crippen LogP contribution < -0.4 is 5.19 Å². The molecular weight excluding hydrogens is 212 g/mol. The first kappa shape index (κ1) is 11.6. The van der Waals surface area contributed by atoms with Crippen LogP contribution in [0.2, 0.25) is 6.04 Å². The number of allylic oxidation sites excluding steroid dienone is 1. The summed E-state index contributed by atoms with van der Waals surface area (Å²) in [6, 6.07) is 12.0. The molecule has 0 amide bonds. The van der Waals surface area contributed by atoms with Gasteiger partial charge in [0.1, 0.15) is 8.80 Å². The Hall–Kier alpha value is -0.863. The van der Waals surface area contributed by atoms with Gasteiger partial charge in [0.15, 0.2) is 0 Å². The van der Waals surface area contributed by atoms with Crippen molar-refractivity contribution in [3.05, 3.63) is 43.0 Å². The maximum atomic E-state index is 5.96. The average Bonchev–Trinajstić information content (AvgIpc) is 2.38. The van der Waals surface area contributed by atoms with Crippen LogP contribution in [0.25, 0.3) is 0 Å². The van der Waals surface area contributed by atoms with E-state index in [9.17, 15) is 0 Å². The molecule has 2 rings (SSSR count).